The highest BCUT2D eigenvalue weighted by molar-refractivity contribution is 5.79. The van der Waals surface area contributed by atoms with E-state index in [1.807, 2.05) is 12.1 Å². The number of nitriles is 1. The van der Waals surface area contributed by atoms with Crippen molar-refractivity contribution >= 4 is 11.6 Å². The van der Waals surface area contributed by atoms with E-state index in [4.69, 9.17) is 5.26 Å². The molecule has 0 atom stereocenters. The maximum atomic E-state index is 13.7. The molecule has 2 aromatic carbocycles. The predicted molar refractivity (Wildman–Crippen MR) is 90.1 cm³/mol. The van der Waals surface area contributed by atoms with Crippen LogP contribution >= 0.6 is 0 Å². The van der Waals surface area contributed by atoms with Crippen LogP contribution in [0, 0.1) is 17.1 Å². The van der Waals surface area contributed by atoms with Gasteiger partial charge in [0, 0.05) is 31.9 Å². The third-order valence-corrected chi connectivity index (χ3v) is 4.29. The van der Waals surface area contributed by atoms with Crippen molar-refractivity contribution in [1.29, 1.82) is 5.26 Å². The highest BCUT2D eigenvalue weighted by Crippen LogP contribution is 2.18. The van der Waals surface area contributed by atoms with Crippen molar-refractivity contribution in [3.63, 3.8) is 0 Å². The van der Waals surface area contributed by atoms with E-state index in [0.717, 1.165) is 18.8 Å². The molecule has 0 N–H and O–H groups in total. The molecule has 1 fully saturated rings. The van der Waals surface area contributed by atoms with E-state index in [1.165, 1.54) is 6.07 Å². The normalized spacial score (nSPS) is 14.3. The zero-order valence-electron chi connectivity index (χ0n) is 13.3. The second kappa shape index (κ2) is 7.14. The molecule has 0 unspecified atom stereocenters. The van der Waals surface area contributed by atoms with Crippen LogP contribution in [0.5, 0.6) is 0 Å². The van der Waals surface area contributed by atoms with Gasteiger partial charge in [0.15, 0.2) is 0 Å². The topological polar surface area (TPSA) is 47.3 Å². The van der Waals surface area contributed by atoms with Gasteiger partial charge in [-0.2, -0.15) is 5.26 Å². The van der Waals surface area contributed by atoms with Crippen LogP contribution in [0.15, 0.2) is 48.5 Å². The first-order chi connectivity index (χ1) is 11.7. The molecular weight excluding hydrogens is 305 g/mol. The van der Waals surface area contributed by atoms with E-state index in [0.29, 0.717) is 24.2 Å². The molecule has 0 aliphatic carbocycles. The smallest absolute Gasteiger partial charge is 0.227 e. The maximum Gasteiger partial charge on any atom is 0.227 e. The number of carbonyl (C=O) groups excluding carboxylic acids is 1. The molecule has 0 bridgehead atoms. The number of carbonyl (C=O) groups is 1. The second-order valence-corrected chi connectivity index (χ2v) is 5.79. The Hall–Kier alpha value is -2.87. The van der Waals surface area contributed by atoms with Crippen molar-refractivity contribution < 1.29 is 9.18 Å². The zero-order chi connectivity index (χ0) is 16.9. The fourth-order valence-corrected chi connectivity index (χ4v) is 2.88. The molecule has 24 heavy (non-hydrogen) atoms. The van der Waals surface area contributed by atoms with E-state index < -0.39 is 0 Å². The lowest BCUT2D eigenvalue weighted by molar-refractivity contribution is -0.130. The summed E-state index contributed by atoms with van der Waals surface area (Å²) in [5, 5.41) is 8.84. The lowest BCUT2D eigenvalue weighted by atomic mass is 10.1. The number of hydrogen-bond acceptors (Lipinski definition) is 3. The van der Waals surface area contributed by atoms with E-state index in [1.54, 1.807) is 35.2 Å². The van der Waals surface area contributed by atoms with Gasteiger partial charge in [0.1, 0.15) is 5.82 Å². The Morgan fingerprint density at radius 3 is 2.33 bits per heavy atom. The van der Waals surface area contributed by atoms with Crippen LogP contribution in [-0.2, 0) is 11.2 Å². The van der Waals surface area contributed by atoms with Crippen LogP contribution < -0.4 is 4.90 Å². The number of anilines is 1. The van der Waals surface area contributed by atoms with Gasteiger partial charge in [0.25, 0.3) is 0 Å². The van der Waals surface area contributed by atoms with Gasteiger partial charge in [0.2, 0.25) is 5.91 Å². The third-order valence-electron chi connectivity index (χ3n) is 4.29. The summed E-state index contributed by atoms with van der Waals surface area (Å²) in [5.41, 5.74) is 2.13. The second-order valence-electron chi connectivity index (χ2n) is 5.79. The summed E-state index contributed by atoms with van der Waals surface area (Å²) in [6.07, 6.45) is 0.101. The largest absolute Gasteiger partial charge is 0.368 e. The zero-order valence-corrected chi connectivity index (χ0v) is 13.3. The molecule has 4 nitrogen and oxygen atoms in total. The number of halogens is 1. The fraction of sp³-hybridized carbons (Fsp3) is 0.263. The van der Waals surface area contributed by atoms with E-state index in [2.05, 4.69) is 11.0 Å². The first-order valence-corrected chi connectivity index (χ1v) is 7.93. The monoisotopic (exact) mass is 323 g/mol. The van der Waals surface area contributed by atoms with E-state index >= 15 is 0 Å². The van der Waals surface area contributed by atoms with Crippen molar-refractivity contribution in [2.45, 2.75) is 6.42 Å². The van der Waals surface area contributed by atoms with Crippen molar-refractivity contribution in [3.05, 3.63) is 65.5 Å². The Labute approximate surface area is 140 Å². The fourth-order valence-electron chi connectivity index (χ4n) is 2.88. The summed E-state index contributed by atoms with van der Waals surface area (Å²) in [7, 11) is 0. The van der Waals surface area contributed by atoms with Gasteiger partial charge in [-0.25, -0.2) is 4.39 Å². The molecule has 1 aliphatic rings. The number of nitrogens with zero attached hydrogens (tertiary/aromatic N) is 3. The summed E-state index contributed by atoms with van der Waals surface area (Å²) in [6.45, 7) is 2.70. The summed E-state index contributed by atoms with van der Waals surface area (Å²) < 4.78 is 13.7. The lowest BCUT2D eigenvalue weighted by Gasteiger charge is -2.36. The van der Waals surface area contributed by atoms with Gasteiger partial charge in [-0.3, -0.25) is 4.79 Å². The Morgan fingerprint density at radius 1 is 1.04 bits per heavy atom. The molecule has 1 saturated heterocycles. The number of benzene rings is 2. The molecular formula is C19H18FN3O. The van der Waals surface area contributed by atoms with Crippen LogP contribution in [0.25, 0.3) is 0 Å². The Bertz CT molecular complexity index is 759. The van der Waals surface area contributed by atoms with Crippen LogP contribution in [0.3, 0.4) is 0 Å². The predicted octanol–water partition coefficient (Wildman–Crippen LogP) is 2.59. The molecule has 1 aliphatic heterocycles. The van der Waals surface area contributed by atoms with Gasteiger partial charge >= 0.3 is 0 Å². The first kappa shape index (κ1) is 16.0. The minimum atomic E-state index is -0.331. The Kier molecular flexibility index (Phi) is 4.76. The van der Waals surface area contributed by atoms with E-state index in [9.17, 15) is 9.18 Å². The summed E-state index contributed by atoms with van der Waals surface area (Å²) in [4.78, 5) is 16.3. The molecule has 0 radical (unpaired) electrons. The lowest BCUT2D eigenvalue weighted by Crippen LogP contribution is -2.49. The molecule has 5 heteroatoms. The number of piperazine rings is 1. The standard InChI is InChI=1S/C19H18FN3O/c20-18-4-2-1-3-16(18)13-19(24)23-11-9-22(10-12-23)17-7-5-15(14-21)6-8-17/h1-8H,9-13H2. The highest BCUT2D eigenvalue weighted by Gasteiger charge is 2.22. The highest BCUT2D eigenvalue weighted by atomic mass is 19.1. The molecule has 2 aromatic rings. The Morgan fingerprint density at radius 2 is 1.71 bits per heavy atom. The van der Waals surface area contributed by atoms with Gasteiger partial charge < -0.3 is 9.80 Å². The quantitative estimate of drug-likeness (QED) is 0.872. The molecule has 0 saturated carbocycles. The molecule has 1 heterocycles. The van der Waals surface area contributed by atoms with Crippen molar-refractivity contribution in [2.24, 2.45) is 0 Å². The summed E-state index contributed by atoms with van der Waals surface area (Å²) >= 11 is 0. The van der Waals surface area contributed by atoms with Crippen molar-refractivity contribution in [1.82, 2.24) is 4.90 Å². The van der Waals surface area contributed by atoms with Crippen molar-refractivity contribution in [2.75, 3.05) is 31.1 Å². The molecule has 1 amide bonds. The minimum Gasteiger partial charge on any atom is -0.368 e. The number of rotatable bonds is 3. The minimum absolute atomic E-state index is 0.0421. The number of amides is 1. The Balaban J connectivity index is 1.57. The average molecular weight is 323 g/mol. The van der Waals surface area contributed by atoms with Crippen LogP contribution in [0.2, 0.25) is 0 Å². The van der Waals surface area contributed by atoms with Crippen LogP contribution in [-0.4, -0.2) is 37.0 Å². The molecule has 0 aromatic heterocycles. The van der Waals surface area contributed by atoms with Gasteiger partial charge in [-0.05, 0) is 35.9 Å². The van der Waals surface area contributed by atoms with Gasteiger partial charge in [-0.1, -0.05) is 18.2 Å². The molecule has 0 spiro atoms. The van der Waals surface area contributed by atoms with Gasteiger partial charge in [0.05, 0.1) is 18.1 Å². The van der Waals surface area contributed by atoms with Crippen LogP contribution in [0.4, 0.5) is 10.1 Å². The SMILES string of the molecule is N#Cc1ccc(N2CCN(C(=O)Cc3ccccc3F)CC2)cc1. The maximum absolute atomic E-state index is 13.7. The number of hydrogen-bond donors (Lipinski definition) is 0. The van der Waals surface area contributed by atoms with Crippen LogP contribution in [0.1, 0.15) is 11.1 Å². The van der Waals surface area contributed by atoms with Crippen molar-refractivity contribution in [3.8, 4) is 6.07 Å². The van der Waals surface area contributed by atoms with Gasteiger partial charge in [-0.15, -0.1) is 0 Å². The third kappa shape index (κ3) is 3.54. The first-order valence-electron chi connectivity index (χ1n) is 7.93. The average Bonchev–Trinajstić information content (AvgIpc) is 2.64. The van der Waals surface area contributed by atoms with E-state index in [-0.39, 0.29) is 18.1 Å². The summed E-state index contributed by atoms with van der Waals surface area (Å²) in [6, 6.07) is 16.0. The molecule has 3 rings (SSSR count). The molecule has 122 valence electrons. The summed E-state index contributed by atoms with van der Waals surface area (Å²) in [5.74, 6) is -0.373.